The maximum Gasteiger partial charge on any atom is 0.263 e. The third kappa shape index (κ3) is 5.41. The maximum absolute atomic E-state index is 13.0. The van der Waals surface area contributed by atoms with Gasteiger partial charge in [-0.3, -0.25) is 19.3 Å². The van der Waals surface area contributed by atoms with Gasteiger partial charge >= 0.3 is 0 Å². The van der Waals surface area contributed by atoms with Gasteiger partial charge in [0.05, 0.1) is 18.8 Å². The van der Waals surface area contributed by atoms with Gasteiger partial charge in [0.2, 0.25) is 5.91 Å². The first-order chi connectivity index (χ1) is 17.8. The molecule has 1 fully saturated rings. The van der Waals surface area contributed by atoms with Crippen LogP contribution < -0.4 is 10.9 Å². The third-order valence-electron chi connectivity index (χ3n) is 6.97. The lowest BCUT2D eigenvalue weighted by molar-refractivity contribution is -0.122. The molecule has 2 aliphatic heterocycles. The van der Waals surface area contributed by atoms with E-state index < -0.39 is 11.5 Å². The van der Waals surface area contributed by atoms with E-state index in [1.807, 2.05) is 18.2 Å². The van der Waals surface area contributed by atoms with Crippen molar-refractivity contribution in [1.82, 2.24) is 34.7 Å². The van der Waals surface area contributed by atoms with Gasteiger partial charge in [0.25, 0.3) is 11.5 Å². The molecule has 10 nitrogen and oxygen atoms in total. The molecule has 0 spiro atoms. The molecular weight excluding hydrogens is 517 g/mol. The summed E-state index contributed by atoms with van der Waals surface area (Å²) >= 11 is 12.8. The van der Waals surface area contributed by atoms with Crippen LogP contribution in [-0.4, -0.2) is 74.4 Å². The zero-order chi connectivity index (χ0) is 26.1. The zero-order valence-electron chi connectivity index (χ0n) is 20.3. The number of halogens is 2. The Labute approximate surface area is 223 Å². The average molecular weight is 544 g/mol. The van der Waals surface area contributed by atoms with Crippen LogP contribution in [0.4, 0.5) is 0 Å². The van der Waals surface area contributed by atoms with Gasteiger partial charge in [0, 0.05) is 73.9 Å². The quantitative estimate of drug-likeness (QED) is 0.530. The number of fused-ring (bicyclic) bond motifs is 6. The molecule has 12 heteroatoms. The normalized spacial score (nSPS) is 21.1. The van der Waals surface area contributed by atoms with Crippen molar-refractivity contribution in [2.45, 2.75) is 25.6 Å². The third-order valence-corrected chi connectivity index (χ3v) is 7.68. The fraction of sp³-hybridized carbons (Fsp3) is 0.400. The van der Waals surface area contributed by atoms with Crippen LogP contribution in [0.1, 0.15) is 34.1 Å². The lowest BCUT2D eigenvalue weighted by atomic mass is 9.99. The van der Waals surface area contributed by atoms with Crippen LogP contribution >= 0.6 is 23.2 Å². The summed E-state index contributed by atoms with van der Waals surface area (Å²) in [5.41, 5.74) is 1.11. The predicted octanol–water partition coefficient (Wildman–Crippen LogP) is 2.06. The van der Waals surface area contributed by atoms with E-state index in [4.69, 9.17) is 23.2 Å². The Bertz CT molecular complexity index is 1370. The van der Waals surface area contributed by atoms with E-state index in [0.29, 0.717) is 41.8 Å². The van der Waals surface area contributed by atoms with Crippen molar-refractivity contribution in [2.24, 2.45) is 5.92 Å². The summed E-state index contributed by atoms with van der Waals surface area (Å²) in [5.74, 6) is -0.536. The number of likely N-dealkylation sites (N-methyl/N-ethyl adjacent to an activating group) is 1. The SMILES string of the molecule is CN1CCNC(=O)C[C@H]2CN(Cc3c(Cl)cccc3Cl)C[C@H]2n2cc(nn2)Cn2cccc(c2=O)C1=O. The molecular formula is C25H27Cl2N7O3. The number of rotatable bonds is 2. The molecule has 0 saturated carbocycles. The number of hydrogen-bond acceptors (Lipinski definition) is 6. The molecule has 4 bridgehead atoms. The number of carbonyl (C=O) groups is 2. The van der Waals surface area contributed by atoms with Gasteiger partial charge in [-0.2, -0.15) is 0 Å². The maximum atomic E-state index is 13.0. The molecule has 5 rings (SSSR count). The number of aromatic nitrogens is 4. The van der Waals surface area contributed by atoms with Crippen molar-refractivity contribution in [3.05, 3.63) is 79.9 Å². The molecule has 2 amide bonds. The van der Waals surface area contributed by atoms with Crippen LogP contribution in [-0.2, 0) is 17.9 Å². The van der Waals surface area contributed by atoms with Crippen LogP contribution in [0, 0.1) is 5.92 Å². The summed E-state index contributed by atoms with van der Waals surface area (Å²) in [6.45, 7) is 2.58. The van der Waals surface area contributed by atoms with Crippen molar-refractivity contribution < 1.29 is 9.59 Å². The predicted molar refractivity (Wildman–Crippen MR) is 139 cm³/mol. The van der Waals surface area contributed by atoms with Gasteiger partial charge in [0.15, 0.2) is 0 Å². The number of benzene rings is 1. The lowest BCUT2D eigenvalue weighted by Gasteiger charge is -2.20. The van der Waals surface area contributed by atoms with Crippen LogP contribution in [0.15, 0.2) is 47.5 Å². The minimum Gasteiger partial charge on any atom is -0.354 e. The minimum atomic E-state index is -0.397. The molecule has 37 heavy (non-hydrogen) atoms. The van der Waals surface area contributed by atoms with E-state index in [9.17, 15) is 14.4 Å². The van der Waals surface area contributed by atoms with Gasteiger partial charge < -0.3 is 14.8 Å². The Morgan fingerprint density at radius 2 is 1.86 bits per heavy atom. The molecule has 1 aromatic carbocycles. The average Bonchev–Trinajstić information content (AvgIpc) is 3.48. The summed E-state index contributed by atoms with van der Waals surface area (Å²) in [4.78, 5) is 42.4. The minimum absolute atomic E-state index is 0.0332. The molecule has 2 atom stereocenters. The van der Waals surface area contributed by atoms with Crippen molar-refractivity contribution in [2.75, 3.05) is 33.2 Å². The Morgan fingerprint density at radius 1 is 1.08 bits per heavy atom. The van der Waals surface area contributed by atoms with Crippen molar-refractivity contribution in [1.29, 1.82) is 0 Å². The first-order valence-electron chi connectivity index (χ1n) is 12.1. The van der Waals surface area contributed by atoms with Gasteiger partial charge in [-0.25, -0.2) is 4.68 Å². The molecule has 4 heterocycles. The smallest absolute Gasteiger partial charge is 0.263 e. The second-order valence-electron chi connectivity index (χ2n) is 9.55. The van der Waals surface area contributed by atoms with Gasteiger partial charge in [-0.05, 0) is 24.3 Å². The van der Waals surface area contributed by atoms with Crippen molar-refractivity contribution in [3.8, 4) is 0 Å². The second-order valence-corrected chi connectivity index (χ2v) is 10.4. The fourth-order valence-corrected chi connectivity index (χ4v) is 5.52. The Hall–Kier alpha value is -3.21. The largest absolute Gasteiger partial charge is 0.354 e. The van der Waals surface area contributed by atoms with Crippen LogP contribution in [0.25, 0.3) is 0 Å². The first kappa shape index (κ1) is 25.4. The highest BCUT2D eigenvalue weighted by molar-refractivity contribution is 6.35. The van der Waals surface area contributed by atoms with E-state index in [2.05, 4.69) is 20.5 Å². The lowest BCUT2D eigenvalue weighted by Crippen LogP contribution is -2.39. The van der Waals surface area contributed by atoms with Gasteiger partial charge in [-0.15, -0.1) is 5.10 Å². The molecule has 0 unspecified atom stereocenters. The molecule has 0 aliphatic carbocycles. The first-order valence-corrected chi connectivity index (χ1v) is 12.8. The number of pyridine rings is 1. The number of likely N-dealkylation sites (tertiary alicyclic amines) is 1. The Balaban J connectivity index is 1.45. The zero-order valence-corrected chi connectivity index (χ0v) is 21.8. The van der Waals surface area contributed by atoms with Crippen molar-refractivity contribution >= 4 is 35.0 Å². The Kier molecular flexibility index (Phi) is 7.32. The number of nitrogens with one attached hydrogen (secondary N) is 1. The number of hydrogen-bond donors (Lipinski definition) is 1. The van der Waals surface area contributed by atoms with Crippen LogP contribution in [0.5, 0.6) is 0 Å². The summed E-state index contributed by atoms with van der Waals surface area (Å²) < 4.78 is 3.24. The molecule has 3 aromatic rings. The standard InChI is InChI=1S/C25H27Cl2N7O3/c1-31-9-7-28-23(35)10-16-11-32(14-19-20(26)5-2-6-21(19)27)15-22(16)34-13-17(29-30-34)12-33-8-3-4-18(24(31)36)25(33)37/h2-6,8,13,16,22H,7,9-12,14-15H2,1H3,(H,28,35)/t16-,22+/m0/s1. The highest BCUT2D eigenvalue weighted by Gasteiger charge is 2.36. The molecule has 2 aromatic heterocycles. The number of amides is 2. The molecule has 2 aliphatic rings. The Morgan fingerprint density at radius 3 is 2.65 bits per heavy atom. The summed E-state index contributed by atoms with van der Waals surface area (Å²) in [7, 11) is 1.62. The fourth-order valence-electron chi connectivity index (χ4n) is 5.00. The highest BCUT2D eigenvalue weighted by Crippen LogP contribution is 2.33. The number of carbonyl (C=O) groups excluding carboxylic acids is 2. The number of nitrogens with zero attached hydrogens (tertiary/aromatic N) is 6. The molecule has 1 N–H and O–H groups in total. The van der Waals surface area contributed by atoms with Gasteiger partial charge in [-0.1, -0.05) is 34.5 Å². The molecule has 1 saturated heterocycles. The summed E-state index contributed by atoms with van der Waals surface area (Å²) in [5, 5.41) is 12.8. The van der Waals surface area contributed by atoms with Crippen molar-refractivity contribution in [3.63, 3.8) is 0 Å². The monoisotopic (exact) mass is 543 g/mol. The summed E-state index contributed by atoms with van der Waals surface area (Å²) in [6, 6.07) is 8.52. The molecule has 194 valence electrons. The van der Waals surface area contributed by atoms with E-state index >= 15 is 0 Å². The highest BCUT2D eigenvalue weighted by atomic mass is 35.5. The van der Waals surface area contributed by atoms with E-state index in [-0.39, 0.29) is 43.1 Å². The topological polar surface area (TPSA) is 105 Å². The van der Waals surface area contributed by atoms with Crippen LogP contribution in [0.2, 0.25) is 10.0 Å². The van der Waals surface area contributed by atoms with Gasteiger partial charge in [0.1, 0.15) is 11.3 Å². The summed E-state index contributed by atoms with van der Waals surface area (Å²) in [6.07, 6.45) is 3.73. The second kappa shape index (κ2) is 10.6. The van der Waals surface area contributed by atoms with E-state index in [1.54, 1.807) is 30.2 Å². The van der Waals surface area contributed by atoms with E-state index in [1.165, 1.54) is 15.5 Å². The molecule has 0 radical (unpaired) electrons. The van der Waals surface area contributed by atoms with Crippen LogP contribution in [0.3, 0.4) is 0 Å². The van der Waals surface area contributed by atoms with E-state index in [0.717, 1.165) is 5.56 Å².